The fraction of sp³-hybridized carbons (Fsp3) is 0.667. The number of aliphatic hydroxyl groups is 1. The van der Waals surface area contributed by atoms with Crippen molar-refractivity contribution < 1.29 is 14.4 Å². The highest BCUT2D eigenvalue weighted by Crippen LogP contribution is 2.36. The maximum absolute atomic E-state index is 10.2. The molecule has 23 heavy (non-hydrogen) atoms. The third-order valence-corrected chi connectivity index (χ3v) is 5.49. The Kier molecular flexibility index (Phi) is 4.12. The Balaban J connectivity index is 1.80. The molecule has 4 nitrogen and oxygen atoms in total. The summed E-state index contributed by atoms with van der Waals surface area (Å²) in [5, 5.41) is 10.2. The van der Waals surface area contributed by atoms with Gasteiger partial charge in [0.05, 0.1) is 16.8 Å². The van der Waals surface area contributed by atoms with Crippen molar-refractivity contribution in [2.45, 2.75) is 64.4 Å². The maximum atomic E-state index is 10.2. The molecular weight excluding hydrogens is 289 g/mol. The number of hydrogen-bond acceptors (Lipinski definition) is 4. The van der Waals surface area contributed by atoms with Crippen molar-refractivity contribution in [2.75, 3.05) is 13.1 Å². The van der Waals surface area contributed by atoms with Crippen LogP contribution in [0.3, 0.4) is 0 Å². The smallest absolute Gasteiger partial charge is 0.399 e. The maximum Gasteiger partial charge on any atom is 0.495 e. The molecular formula is C18H28BNO3. The molecule has 0 spiro atoms. The second kappa shape index (κ2) is 5.59. The quantitative estimate of drug-likeness (QED) is 0.865. The second-order valence-corrected chi connectivity index (χ2v) is 8.24. The van der Waals surface area contributed by atoms with Crippen LogP contribution >= 0.6 is 0 Å². The van der Waals surface area contributed by atoms with Gasteiger partial charge in [0.1, 0.15) is 0 Å². The first-order chi connectivity index (χ1) is 10.6. The standard InChI is InChI=1S/C18H28BNO3/c1-16(2)17(3,4)23-19(22-16)15-9-7-6-8-14(15)12-20-11-10-18(5,21)13-20/h6-9,21H,10-13H2,1-5H3. The van der Waals surface area contributed by atoms with E-state index in [0.717, 1.165) is 25.0 Å². The zero-order chi connectivity index (χ0) is 16.9. The van der Waals surface area contributed by atoms with E-state index in [9.17, 15) is 5.11 Å². The predicted octanol–water partition coefficient (Wildman–Crippen LogP) is 1.94. The average Bonchev–Trinajstić information content (AvgIpc) is 2.87. The Morgan fingerprint density at radius 2 is 1.70 bits per heavy atom. The first kappa shape index (κ1) is 17.0. The van der Waals surface area contributed by atoms with Gasteiger partial charge in [-0.2, -0.15) is 0 Å². The zero-order valence-corrected chi connectivity index (χ0v) is 14.9. The van der Waals surface area contributed by atoms with Crippen molar-refractivity contribution in [2.24, 2.45) is 0 Å². The van der Waals surface area contributed by atoms with Crippen molar-refractivity contribution in [3.63, 3.8) is 0 Å². The van der Waals surface area contributed by atoms with Gasteiger partial charge in [-0.3, -0.25) is 4.90 Å². The Morgan fingerprint density at radius 3 is 2.26 bits per heavy atom. The van der Waals surface area contributed by atoms with Crippen LogP contribution in [0.15, 0.2) is 24.3 Å². The molecule has 3 rings (SSSR count). The molecule has 0 aliphatic carbocycles. The van der Waals surface area contributed by atoms with Crippen LogP contribution in [0.2, 0.25) is 0 Å². The molecule has 2 fully saturated rings. The van der Waals surface area contributed by atoms with E-state index < -0.39 is 5.60 Å². The lowest BCUT2D eigenvalue weighted by atomic mass is 9.76. The molecule has 2 saturated heterocycles. The van der Waals surface area contributed by atoms with Gasteiger partial charge >= 0.3 is 7.12 Å². The van der Waals surface area contributed by atoms with Crippen LogP contribution in [0.1, 0.15) is 46.6 Å². The second-order valence-electron chi connectivity index (χ2n) is 8.24. The minimum Gasteiger partial charge on any atom is -0.399 e. The van der Waals surface area contributed by atoms with Crippen molar-refractivity contribution in [3.05, 3.63) is 29.8 Å². The van der Waals surface area contributed by atoms with Gasteiger partial charge in [0.2, 0.25) is 0 Å². The first-order valence-corrected chi connectivity index (χ1v) is 8.48. The molecule has 2 aliphatic heterocycles. The van der Waals surface area contributed by atoms with E-state index in [-0.39, 0.29) is 18.3 Å². The highest BCUT2D eigenvalue weighted by molar-refractivity contribution is 6.62. The van der Waals surface area contributed by atoms with Crippen LogP contribution in [-0.2, 0) is 15.9 Å². The van der Waals surface area contributed by atoms with Crippen LogP contribution in [0.4, 0.5) is 0 Å². The summed E-state index contributed by atoms with van der Waals surface area (Å²) < 4.78 is 12.4. The molecule has 126 valence electrons. The van der Waals surface area contributed by atoms with Crippen LogP contribution in [-0.4, -0.2) is 47.0 Å². The SMILES string of the molecule is CC1(O)CCN(Cc2ccccc2B2OC(C)(C)C(C)(C)O2)C1. The number of benzene rings is 1. The summed E-state index contributed by atoms with van der Waals surface area (Å²) in [5.74, 6) is 0. The summed E-state index contributed by atoms with van der Waals surface area (Å²) in [6.07, 6.45) is 0.825. The summed E-state index contributed by atoms with van der Waals surface area (Å²) in [7, 11) is -0.334. The van der Waals surface area contributed by atoms with Crippen LogP contribution < -0.4 is 5.46 Å². The average molecular weight is 317 g/mol. The molecule has 1 aromatic carbocycles. The fourth-order valence-corrected chi connectivity index (χ4v) is 3.29. The number of rotatable bonds is 3. The Hall–Kier alpha value is -0.875. The number of β-amino-alcohol motifs (C(OH)–C–C–N with tert-alkyl or cyclic N) is 1. The lowest BCUT2D eigenvalue weighted by Crippen LogP contribution is -2.41. The molecule has 0 amide bonds. The van der Waals surface area contributed by atoms with Gasteiger partial charge in [0, 0.05) is 19.6 Å². The fourth-order valence-electron chi connectivity index (χ4n) is 3.29. The van der Waals surface area contributed by atoms with Crippen LogP contribution in [0, 0.1) is 0 Å². The Bertz CT molecular complexity index is 569. The largest absolute Gasteiger partial charge is 0.495 e. The van der Waals surface area contributed by atoms with E-state index in [4.69, 9.17) is 9.31 Å². The van der Waals surface area contributed by atoms with Crippen molar-refractivity contribution >= 4 is 12.6 Å². The van der Waals surface area contributed by atoms with Gasteiger partial charge in [-0.15, -0.1) is 0 Å². The Morgan fingerprint density at radius 1 is 1.09 bits per heavy atom. The summed E-state index contributed by atoms with van der Waals surface area (Å²) in [6.45, 7) is 12.7. The summed E-state index contributed by atoms with van der Waals surface area (Å²) in [5.41, 5.74) is 1.07. The normalized spacial score (nSPS) is 30.1. The van der Waals surface area contributed by atoms with Gasteiger partial charge in [-0.25, -0.2) is 0 Å². The van der Waals surface area contributed by atoms with E-state index in [1.54, 1.807) is 0 Å². The monoisotopic (exact) mass is 317 g/mol. The third kappa shape index (κ3) is 3.34. The van der Waals surface area contributed by atoms with E-state index in [1.165, 1.54) is 5.56 Å². The van der Waals surface area contributed by atoms with E-state index in [2.05, 4.69) is 50.8 Å². The molecule has 0 aromatic heterocycles. The van der Waals surface area contributed by atoms with Gasteiger partial charge in [-0.1, -0.05) is 24.3 Å². The van der Waals surface area contributed by atoms with Crippen molar-refractivity contribution in [1.29, 1.82) is 0 Å². The van der Waals surface area contributed by atoms with Gasteiger partial charge in [-0.05, 0) is 52.1 Å². The lowest BCUT2D eigenvalue weighted by molar-refractivity contribution is 0.00578. The topological polar surface area (TPSA) is 41.9 Å². The third-order valence-electron chi connectivity index (χ3n) is 5.49. The molecule has 5 heteroatoms. The summed E-state index contributed by atoms with van der Waals surface area (Å²) >= 11 is 0. The molecule has 1 aromatic rings. The van der Waals surface area contributed by atoms with Crippen molar-refractivity contribution in [1.82, 2.24) is 4.90 Å². The molecule has 1 unspecified atom stereocenters. The molecule has 1 atom stereocenters. The summed E-state index contributed by atoms with van der Waals surface area (Å²) in [4.78, 5) is 2.30. The predicted molar refractivity (Wildman–Crippen MR) is 92.7 cm³/mol. The molecule has 2 aliphatic rings. The van der Waals surface area contributed by atoms with E-state index in [1.807, 2.05) is 13.0 Å². The number of hydrogen-bond donors (Lipinski definition) is 1. The molecule has 2 heterocycles. The number of nitrogens with zero attached hydrogens (tertiary/aromatic N) is 1. The van der Waals surface area contributed by atoms with Gasteiger partial charge < -0.3 is 14.4 Å². The van der Waals surface area contributed by atoms with Crippen molar-refractivity contribution in [3.8, 4) is 0 Å². The minimum absolute atomic E-state index is 0.331. The van der Waals surface area contributed by atoms with E-state index >= 15 is 0 Å². The summed E-state index contributed by atoms with van der Waals surface area (Å²) in [6, 6.07) is 8.31. The van der Waals surface area contributed by atoms with Gasteiger partial charge in [0.15, 0.2) is 0 Å². The highest BCUT2D eigenvalue weighted by atomic mass is 16.7. The van der Waals surface area contributed by atoms with Gasteiger partial charge in [0.25, 0.3) is 0 Å². The number of likely N-dealkylation sites (tertiary alicyclic amines) is 1. The van der Waals surface area contributed by atoms with E-state index in [0.29, 0.717) is 6.54 Å². The molecule has 0 bridgehead atoms. The minimum atomic E-state index is -0.570. The molecule has 1 N–H and O–H groups in total. The zero-order valence-electron chi connectivity index (χ0n) is 14.9. The first-order valence-electron chi connectivity index (χ1n) is 8.48. The van der Waals surface area contributed by atoms with Crippen LogP contribution in [0.25, 0.3) is 0 Å². The molecule has 0 radical (unpaired) electrons. The Labute approximate surface area is 139 Å². The molecule has 0 saturated carbocycles. The highest BCUT2D eigenvalue weighted by Gasteiger charge is 2.52. The lowest BCUT2D eigenvalue weighted by Gasteiger charge is -2.32. The van der Waals surface area contributed by atoms with Crippen LogP contribution in [0.5, 0.6) is 0 Å².